The summed E-state index contributed by atoms with van der Waals surface area (Å²) in [7, 11) is -4.66. The Balaban J connectivity index is 1.36. The van der Waals surface area contributed by atoms with Gasteiger partial charge >= 0.3 is 16.2 Å². The maximum atomic E-state index is 12.5. The maximum absolute atomic E-state index is 12.5. The quantitative estimate of drug-likeness (QED) is 0.151. The molecule has 1 fully saturated rings. The van der Waals surface area contributed by atoms with E-state index in [1.807, 2.05) is 0 Å². The van der Waals surface area contributed by atoms with Crippen LogP contribution in [0, 0.1) is 0 Å². The van der Waals surface area contributed by atoms with E-state index in [2.05, 4.69) is 4.84 Å². The van der Waals surface area contributed by atoms with E-state index in [1.54, 1.807) is 24.3 Å². The van der Waals surface area contributed by atoms with Crippen LogP contribution in [0.5, 0.6) is 5.75 Å². The summed E-state index contributed by atoms with van der Waals surface area (Å²) in [6.45, 7) is 1.94. The average molecular weight is 534 g/mol. The molecule has 0 unspecified atom stereocenters. The molecule has 2 rings (SSSR count). The van der Waals surface area contributed by atoms with Gasteiger partial charge in [0.25, 0.3) is 11.8 Å². The molecule has 0 spiro atoms. The van der Waals surface area contributed by atoms with Crippen LogP contribution in [0.3, 0.4) is 0 Å². The largest absolute Gasteiger partial charge is 0.491 e. The number of carbonyl (C=O) groups excluding carboxylic acids is 3. The Morgan fingerprint density at radius 1 is 0.833 bits per heavy atom. The van der Waals surface area contributed by atoms with Gasteiger partial charge in [-0.1, -0.05) is 12.1 Å². The summed E-state index contributed by atoms with van der Waals surface area (Å²) >= 11 is 0. The third-order valence-corrected chi connectivity index (χ3v) is 4.80. The van der Waals surface area contributed by atoms with E-state index in [9.17, 15) is 26.7 Å². The van der Waals surface area contributed by atoms with Gasteiger partial charge in [-0.25, -0.2) is 4.79 Å². The Morgan fingerprint density at radius 3 is 1.86 bits per heavy atom. The molecule has 2 amide bonds. The number of carbonyl (C=O) groups is 3. The normalized spacial score (nSPS) is 14.1. The molecule has 12 nitrogen and oxygen atoms in total. The lowest BCUT2D eigenvalue weighted by atomic mass is 10.2. The molecule has 0 saturated carbocycles. The minimum atomic E-state index is -4.66. The van der Waals surface area contributed by atoms with Crippen LogP contribution < -0.4 is 4.74 Å². The number of nitrogens with zero attached hydrogens (tertiary/aromatic N) is 1. The molecule has 1 aliphatic heterocycles. The minimum Gasteiger partial charge on any atom is -0.491 e. The molecule has 0 radical (unpaired) electrons. The summed E-state index contributed by atoms with van der Waals surface area (Å²) in [5, 5.41) is 0.943. The second kappa shape index (κ2) is 16.0. The Kier molecular flexibility index (Phi) is 13.0. The third-order valence-electron chi connectivity index (χ3n) is 4.33. The predicted molar refractivity (Wildman–Crippen MR) is 121 cm³/mol. The van der Waals surface area contributed by atoms with Crippen molar-refractivity contribution in [1.29, 1.82) is 0 Å². The SMILES string of the molecule is O=C(COCCOCCOCCOCCOc1ccc(/C=C/S(=O)(=O)F)cc1)ON1C(=O)CCC1=O. The molecule has 0 bridgehead atoms. The summed E-state index contributed by atoms with van der Waals surface area (Å²) in [5.41, 5.74) is 0.517. The molecule has 1 aromatic rings. The van der Waals surface area contributed by atoms with Gasteiger partial charge in [-0.15, -0.1) is 8.95 Å². The highest BCUT2D eigenvalue weighted by Crippen LogP contribution is 2.14. The Hall–Kier alpha value is -2.91. The van der Waals surface area contributed by atoms with Crippen LogP contribution in [0.2, 0.25) is 0 Å². The zero-order chi connectivity index (χ0) is 26.2. The zero-order valence-corrected chi connectivity index (χ0v) is 20.3. The first kappa shape index (κ1) is 29.3. The third kappa shape index (κ3) is 12.7. The Bertz CT molecular complexity index is 966. The molecular weight excluding hydrogens is 505 g/mol. The van der Waals surface area contributed by atoms with Crippen LogP contribution in [0.1, 0.15) is 18.4 Å². The van der Waals surface area contributed by atoms with Crippen LogP contribution in [-0.2, 0) is 48.4 Å². The van der Waals surface area contributed by atoms with Gasteiger partial charge in [0, 0.05) is 12.8 Å². The topological polar surface area (TPSA) is 144 Å². The molecule has 1 heterocycles. The molecule has 0 aliphatic carbocycles. The van der Waals surface area contributed by atoms with Gasteiger partial charge in [0.15, 0.2) is 0 Å². The fraction of sp³-hybridized carbons (Fsp3) is 0.500. The summed E-state index contributed by atoms with van der Waals surface area (Å²) in [4.78, 5) is 38.8. The molecule has 1 aromatic carbocycles. The molecule has 1 aliphatic rings. The smallest absolute Gasteiger partial charge is 0.358 e. The lowest BCUT2D eigenvalue weighted by molar-refractivity contribution is -0.200. The second-order valence-corrected chi connectivity index (χ2v) is 8.35. The fourth-order valence-corrected chi connectivity index (χ4v) is 2.97. The van der Waals surface area contributed by atoms with Crippen molar-refractivity contribution in [1.82, 2.24) is 5.06 Å². The van der Waals surface area contributed by atoms with E-state index in [0.29, 0.717) is 61.4 Å². The van der Waals surface area contributed by atoms with E-state index in [4.69, 9.17) is 23.7 Å². The molecule has 1 saturated heterocycles. The van der Waals surface area contributed by atoms with E-state index >= 15 is 0 Å². The van der Waals surface area contributed by atoms with Crippen LogP contribution in [0.4, 0.5) is 3.89 Å². The van der Waals surface area contributed by atoms with Crippen molar-refractivity contribution >= 4 is 34.1 Å². The highest BCUT2D eigenvalue weighted by atomic mass is 32.3. The van der Waals surface area contributed by atoms with Crippen molar-refractivity contribution < 1.29 is 55.2 Å². The van der Waals surface area contributed by atoms with Crippen molar-refractivity contribution in [3.8, 4) is 5.75 Å². The number of hydroxylamine groups is 2. The van der Waals surface area contributed by atoms with Gasteiger partial charge in [0.2, 0.25) is 0 Å². The fourth-order valence-electron chi connectivity index (χ4n) is 2.65. The lowest BCUT2D eigenvalue weighted by Crippen LogP contribution is -2.33. The van der Waals surface area contributed by atoms with Crippen molar-refractivity contribution in [2.75, 3.05) is 59.5 Å². The van der Waals surface area contributed by atoms with Crippen molar-refractivity contribution in [2.24, 2.45) is 0 Å². The highest BCUT2D eigenvalue weighted by Gasteiger charge is 2.32. The van der Waals surface area contributed by atoms with E-state index in [0.717, 1.165) is 6.08 Å². The van der Waals surface area contributed by atoms with Gasteiger partial charge in [-0.05, 0) is 23.8 Å². The summed E-state index contributed by atoms with van der Waals surface area (Å²) < 4.78 is 59.9. The first-order valence-corrected chi connectivity index (χ1v) is 12.4. The molecule has 200 valence electrons. The lowest BCUT2D eigenvalue weighted by Gasteiger charge is -2.12. The monoisotopic (exact) mass is 533 g/mol. The maximum Gasteiger partial charge on any atom is 0.358 e. The summed E-state index contributed by atoms with van der Waals surface area (Å²) in [6, 6.07) is 6.44. The number of halogens is 1. The number of rotatable bonds is 18. The number of imide groups is 1. The Labute approximate surface area is 208 Å². The standard InChI is InChI=1S/C22H28FNO11S/c23-36(28,29)16-7-18-1-3-19(4-2-18)34-15-14-32-11-10-30-8-9-31-12-13-33-17-22(27)35-24-20(25)5-6-21(24)26/h1-4,7,16H,5-6,8-15,17H2/b16-7+. The van der Waals surface area contributed by atoms with Crippen LogP contribution >= 0.6 is 0 Å². The predicted octanol–water partition coefficient (Wildman–Crippen LogP) is 1.01. The molecule has 36 heavy (non-hydrogen) atoms. The minimum absolute atomic E-state index is 0.0291. The first-order valence-electron chi connectivity index (χ1n) is 11.0. The highest BCUT2D eigenvalue weighted by molar-refractivity contribution is 7.89. The van der Waals surface area contributed by atoms with E-state index in [-0.39, 0.29) is 26.1 Å². The van der Waals surface area contributed by atoms with Gasteiger partial charge in [-0.2, -0.15) is 8.42 Å². The van der Waals surface area contributed by atoms with Crippen molar-refractivity contribution in [2.45, 2.75) is 12.8 Å². The molecule has 0 atom stereocenters. The number of ether oxygens (including phenoxy) is 5. The molecule has 0 aromatic heterocycles. The number of amides is 2. The first-order chi connectivity index (χ1) is 17.2. The van der Waals surface area contributed by atoms with Crippen LogP contribution in [0.25, 0.3) is 6.08 Å². The van der Waals surface area contributed by atoms with Gasteiger partial charge in [0.1, 0.15) is 19.0 Å². The number of benzene rings is 1. The zero-order valence-electron chi connectivity index (χ0n) is 19.5. The van der Waals surface area contributed by atoms with Gasteiger partial charge in [0.05, 0.1) is 51.7 Å². The number of hydrogen-bond donors (Lipinski definition) is 0. The summed E-state index contributed by atoms with van der Waals surface area (Å²) in [5.74, 6) is -1.38. The number of hydrogen-bond acceptors (Lipinski definition) is 11. The average Bonchev–Trinajstić information content (AvgIpc) is 3.15. The summed E-state index contributed by atoms with van der Waals surface area (Å²) in [6.07, 6.45) is 1.20. The van der Waals surface area contributed by atoms with E-state index < -0.39 is 34.6 Å². The second-order valence-electron chi connectivity index (χ2n) is 7.13. The molecule has 0 N–H and O–H groups in total. The Morgan fingerprint density at radius 2 is 1.33 bits per heavy atom. The van der Waals surface area contributed by atoms with Gasteiger partial charge in [-0.3, -0.25) is 9.59 Å². The molecular formula is C22H28FNO11S. The van der Waals surface area contributed by atoms with Crippen molar-refractivity contribution in [3.63, 3.8) is 0 Å². The van der Waals surface area contributed by atoms with Crippen LogP contribution in [0.15, 0.2) is 29.7 Å². The van der Waals surface area contributed by atoms with E-state index in [1.165, 1.54) is 0 Å². The van der Waals surface area contributed by atoms with Crippen molar-refractivity contribution in [3.05, 3.63) is 35.2 Å². The molecule has 14 heteroatoms. The van der Waals surface area contributed by atoms with Crippen LogP contribution in [-0.4, -0.2) is 90.7 Å². The van der Waals surface area contributed by atoms with Gasteiger partial charge < -0.3 is 28.5 Å².